The van der Waals surface area contributed by atoms with Crippen molar-refractivity contribution in [3.8, 4) is 0 Å². The van der Waals surface area contributed by atoms with Crippen LogP contribution < -0.4 is 10.2 Å². The number of urea groups is 1. The number of carbonyl (C=O) groups is 2. The number of nitrogens with one attached hydrogen (secondary N) is 1. The highest BCUT2D eigenvalue weighted by molar-refractivity contribution is 5.95. The minimum Gasteiger partial charge on any atom is -0.337 e. The van der Waals surface area contributed by atoms with Crippen LogP contribution in [0.5, 0.6) is 0 Å². The van der Waals surface area contributed by atoms with Gasteiger partial charge in [0.15, 0.2) is 0 Å². The summed E-state index contributed by atoms with van der Waals surface area (Å²) in [6, 6.07) is 8.19. The van der Waals surface area contributed by atoms with Gasteiger partial charge in [0.25, 0.3) is 0 Å². The predicted molar refractivity (Wildman–Crippen MR) is 108 cm³/mol. The Balaban J connectivity index is 1.40. The third-order valence-corrected chi connectivity index (χ3v) is 5.26. The number of nitrogens with zero attached hydrogens (tertiary/aromatic N) is 3. The summed E-state index contributed by atoms with van der Waals surface area (Å²) < 4.78 is 0. The number of amides is 3. The fraction of sp³-hybridized carbons (Fsp3) is 0.619. The van der Waals surface area contributed by atoms with E-state index in [9.17, 15) is 9.59 Å². The highest BCUT2D eigenvalue weighted by Crippen LogP contribution is 2.27. The van der Waals surface area contributed by atoms with Crippen LogP contribution in [0.1, 0.15) is 32.8 Å². The standard InChI is InChI=1S/C21H32N4O2/c1-21(2,3)16-22-20(27)24-14-12-23(13-15-24)10-9-19(26)25-11-8-17-6-4-5-7-18(17)25/h4-7H,8-16H2,1-3H3,(H,22,27). The maximum atomic E-state index is 12.6. The van der Waals surface area contributed by atoms with Gasteiger partial charge < -0.3 is 15.1 Å². The summed E-state index contributed by atoms with van der Waals surface area (Å²) in [5.41, 5.74) is 2.43. The van der Waals surface area contributed by atoms with E-state index in [0.717, 1.165) is 51.4 Å². The van der Waals surface area contributed by atoms with Gasteiger partial charge in [-0.1, -0.05) is 39.0 Å². The molecule has 1 saturated heterocycles. The van der Waals surface area contributed by atoms with Gasteiger partial charge in [0, 0.05) is 57.9 Å². The SMILES string of the molecule is CC(C)(C)CNC(=O)N1CCN(CCC(=O)N2CCc3ccccc32)CC1. The average molecular weight is 373 g/mol. The molecule has 0 unspecified atom stereocenters. The van der Waals surface area contributed by atoms with Crippen LogP contribution in [0.3, 0.4) is 0 Å². The molecule has 1 aromatic rings. The first-order valence-electron chi connectivity index (χ1n) is 9.97. The lowest BCUT2D eigenvalue weighted by Gasteiger charge is -2.35. The Kier molecular flexibility index (Phi) is 6.05. The number of hydrogen-bond acceptors (Lipinski definition) is 3. The van der Waals surface area contributed by atoms with Crippen LogP contribution >= 0.6 is 0 Å². The van der Waals surface area contributed by atoms with Crippen molar-refractivity contribution in [3.63, 3.8) is 0 Å². The van der Waals surface area contributed by atoms with E-state index in [4.69, 9.17) is 0 Å². The summed E-state index contributed by atoms with van der Waals surface area (Å²) in [5, 5.41) is 3.01. The van der Waals surface area contributed by atoms with Crippen LogP contribution in [0.2, 0.25) is 0 Å². The number of piperazine rings is 1. The van der Waals surface area contributed by atoms with Gasteiger partial charge in [-0.05, 0) is 23.5 Å². The van der Waals surface area contributed by atoms with Crippen LogP contribution in [0.25, 0.3) is 0 Å². The van der Waals surface area contributed by atoms with E-state index < -0.39 is 0 Å². The molecule has 1 fully saturated rings. The largest absolute Gasteiger partial charge is 0.337 e. The maximum absolute atomic E-state index is 12.6. The van der Waals surface area contributed by atoms with E-state index in [-0.39, 0.29) is 17.4 Å². The number of carbonyl (C=O) groups excluding carboxylic acids is 2. The van der Waals surface area contributed by atoms with Crippen LogP contribution in [0.15, 0.2) is 24.3 Å². The molecule has 2 aliphatic rings. The molecular formula is C21H32N4O2. The smallest absolute Gasteiger partial charge is 0.317 e. The first-order chi connectivity index (χ1) is 12.8. The molecule has 27 heavy (non-hydrogen) atoms. The molecule has 0 atom stereocenters. The average Bonchev–Trinajstić information content (AvgIpc) is 3.08. The number of benzene rings is 1. The molecule has 0 saturated carbocycles. The van der Waals surface area contributed by atoms with Crippen LogP contribution in [0, 0.1) is 5.41 Å². The van der Waals surface area contributed by atoms with Gasteiger partial charge in [0.2, 0.25) is 5.91 Å². The van der Waals surface area contributed by atoms with E-state index >= 15 is 0 Å². The van der Waals surface area contributed by atoms with Crippen LogP contribution in [-0.4, -0.2) is 67.6 Å². The summed E-state index contributed by atoms with van der Waals surface area (Å²) in [6.45, 7) is 11.7. The monoisotopic (exact) mass is 372 g/mol. The first-order valence-corrected chi connectivity index (χ1v) is 9.97. The highest BCUT2D eigenvalue weighted by atomic mass is 16.2. The molecule has 148 valence electrons. The summed E-state index contributed by atoms with van der Waals surface area (Å²) in [5.74, 6) is 0.199. The number of fused-ring (bicyclic) bond motifs is 1. The van der Waals surface area contributed by atoms with Crippen LogP contribution in [0.4, 0.5) is 10.5 Å². The fourth-order valence-electron chi connectivity index (χ4n) is 3.61. The Morgan fingerprint density at radius 1 is 1.04 bits per heavy atom. The Morgan fingerprint density at radius 3 is 2.44 bits per heavy atom. The second-order valence-electron chi connectivity index (χ2n) is 8.72. The Bertz CT molecular complexity index is 675. The van der Waals surface area contributed by atoms with E-state index in [1.807, 2.05) is 28.0 Å². The topological polar surface area (TPSA) is 55.9 Å². The van der Waals surface area contributed by atoms with E-state index in [1.54, 1.807) is 0 Å². The van der Waals surface area contributed by atoms with Gasteiger partial charge in [0.05, 0.1) is 0 Å². The minimum atomic E-state index is 0.0225. The van der Waals surface area contributed by atoms with E-state index in [1.165, 1.54) is 5.56 Å². The quantitative estimate of drug-likeness (QED) is 0.883. The van der Waals surface area contributed by atoms with Crippen molar-refractivity contribution in [3.05, 3.63) is 29.8 Å². The molecular weight excluding hydrogens is 340 g/mol. The first kappa shape index (κ1) is 19.7. The molecule has 1 aromatic carbocycles. The third kappa shape index (κ3) is 5.22. The van der Waals surface area contributed by atoms with Gasteiger partial charge in [-0.25, -0.2) is 4.79 Å². The van der Waals surface area contributed by atoms with Gasteiger partial charge >= 0.3 is 6.03 Å². The minimum absolute atomic E-state index is 0.0225. The normalized spacial score (nSPS) is 17.7. The summed E-state index contributed by atoms with van der Waals surface area (Å²) in [7, 11) is 0. The molecule has 1 N–H and O–H groups in total. The molecule has 0 spiro atoms. The molecule has 3 rings (SSSR count). The number of hydrogen-bond donors (Lipinski definition) is 1. The molecule has 6 heteroatoms. The second kappa shape index (κ2) is 8.30. The molecule has 0 bridgehead atoms. The number of para-hydroxylation sites is 1. The lowest BCUT2D eigenvalue weighted by molar-refractivity contribution is -0.118. The molecule has 2 aliphatic heterocycles. The van der Waals surface area contributed by atoms with Crippen molar-refractivity contribution in [2.75, 3.05) is 50.7 Å². The van der Waals surface area contributed by atoms with Crippen molar-refractivity contribution in [1.29, 1.82) is 0 Å². The Hall–Kier alpha value is -2.08. The van der Waals surface area contributed by atoms with Crippen molar-refractivity contribution < 1.29 is 9.59 Å². The zero-order valence-corrected chi connectivity index (χ0v) is 16.8. The predicted octanol–water partition coefficient (Wildman–Crippen LogP) is 2.34. The third-order valence-electron chi connectivity index (χ3n) is 5.26. The number of rotatable bonds is 4. The van der Waals surface area contributed by atoms with Crippen molar-refractivity contribution in [2.24, 2.45) is 5.41 Å². The Morgan fingerprint density at radius 2 is 1.74 bits per heavy atom. The highest BCUT2D eigenvalue weighted by Gasteiger charge is 2.26. The van der Waals surface area contributed by atoms with Gasteiger partial charge in [-0.15, -0.1) is 0 Å². The fourth-order valence-corrected chi connectivity index (χ4v) is 3.61. The molecule has 0 aromatic heterocycles. The summed E-state index contributed by atoms with van der Waals surface area (Å²) >= 11 is 0. The van der Waals surface area contributed by atoms with Crippen molar-refractivity contribution in [1.82, 2.24) is 15.1 Å². The lowest BCUT2D eigenvalue weighted by Crippen LogP contribution is -2.53. The molecule has 0 radical (unpaired) electrons. The summed E-state index contributed by atoms with van der Waals surface area (Å²) in [4.78, 5) is 31.0. The molecule has 6 nitrogen and oxygen atoms in total. The number of anilines is 1. The maximum Gasteiger partial charge on any atom is 0.317 e. The zero-order chi connectivity index (χ0) is 19.4. The van der Waals surface area contributed by atoms with Crippen molar-refractivity contribution in [2.45, 2.75) is 33.6 Å². The Labute approximate surface area is 162 Å². The van der Waals surface area contributed by atoms with Gasteiger partial charge in [-0.3, -0.25) is 9.69 Å². The van der Waals surface area contributed by atoms with E-state index in [2.05, 4.69) is 37.1 Å². The van der Waals surface area contributed by atoms with Crippen molar-refractivity contribution >= 4 is 17.6 Å². The van der Waals surface area contributed by atoms with E-state index in [0.29, 0.717) is 13.0 Å². The molecule has 2 heterocycles. The molecule has 0 aliphatic carbocycles. The molecule has 3 amide bonds. The van der Waals surface area contributed by atoms with Crippen LogP contribution in [-0.2, 0) is 11.2 Å². The lowest BCUT2D eigenvalue weighted by atomic mass is 9.97. The zero-order valence-electron chi connectivity index (χ0n) is 16.8. The summed E-state index contributed by atoms with van der Waals surface area (Å²) in [6.07, 6.45) is 1.48. The van der Waals surface area contributed by atoms with Gasteiger partial charge in [0.1, 0.15) is 0 Å². The van der Waals surface area contributed by atoms with Gasteiger partial charge in [-0.2, -0.15) is 0 Å². The second-order valence-corrected chi connectivity index (χ2v) is 8.72.